The SMILES string of the molecule is NCCSOc1ccccc1. The highest BCUT2D eigenvalue weighted by molar-refractivity contribution is 7.95. The number of rotatable bonds is 4. The van der Waals surface area contributed by atoms with E-state index in [1.165, 1.54) is 12.0 Å². The molecule has 0 spiro atoms. The molecule has 0 aliphatic rings. The van der Waals surface area contributed by atoms with Gasteiger partial charge in [-0.15, -0.1) is 0 Å². The van der Waals surface area contributed by atoms with Gasteiger partial charge in [0.2, 0.25) is 0 Å². The van der Waals surface area contributed by atoms with Gasteiger partial charge in [0.1, 0.15) is 5.75 Å². The standard InChI is InChI=1S/C8H11NOS/c9-6-7-11-10-8-4-2-1-3-5-8/h1-5H,6-7,9H2. The zero-order valence-electron chi connectivity index (χ0n) is 6.19. The molecule has 1 aromatic carbocycles. The van der Waals surface area contributed by atoms with Crippen LogP contribution in [0.4, 0.5) is 0 Å². The van der Waals surface area contributed by atoms with Gasteiger partial charge in [-0.05, 0) is 12.1 Å². The summed E-state index contributed by atoms with van der Waals surface area (Å²) in [5.41, 5.74) is 5.29. The fourth-order valence-corrected chi connectivity index (χ4v) is 1.06. The molecule has 1 aromatic rings. The van der Waals surface area contributed by atoms with Gasteiger partial charge in [0.15, 0.2) is 0 Å². The fraction of sp³-hybridized carbons (Fsp3) is 0.250. The van der Waals surface area contributed by atoms with Crippen LogP contribution in [0.5, 0.6) is 5.75 Å². The van der Waals surface area contributed by atoms with Gasteiger partial charge in [-0.3, -0.25) is 0 Å². The number of hydrogen-bond donors (Lipinski definition) is 1. The van der Waals surface area contributed by atoms with Crippen molar-refractivity contribution in [2.45, 2.75) is 0 Å². The van der Waals surface area contributed by atoms with Crippen LogP contribution >= 0.6 is 12.0 Å². The average molecular weight is 169 g/mol. The van der Waals surface area contributed by atoms with Crippen molar-refractivity contribution >= 4 is 12.0 Å². The first kappa shape index (κ1) is 8.43. The molecule has 0 aliphatic heterocycles. The minimum absolute atomic E-state index is 0.650. The van der Waals surface area contributed by atoms with Gasteiger partial charge >= 0.3 is 0 Å². The molecule has 2 nitrogen and oxygen atoms in total. The van der Waals surface area contributed by atoms with Crippen molar-refractivity contribution in [2.24, 2.45) is 5.73 Å². The summed E-state index contributed by atoms with van der Waals surface area (Å²) in [5.74, 6) is 1.71. The molecule has 0 bridgehead atoms. The molecule has 0 heterocycles. The second-order valence-corrected chi connectivity index (χ2v) is 2.82. The third-order valence-corrected chi connectivity index (χ3v) is 1.81. The molecule has 0 atom stereocenters. The predicted octanol–water partition coefficient (Wildman–Crippen LogP) is 1.67. The summed E-state index contributed by atoms with van der Waals surface area (Å²) in [6.07, 6.45) is 0. The lowest BCUT2D eigenvalue weighted by molar-refractivity contribution is 0.646. The van der Waals surface area contributed by atoms with E-state index < -0.39 is 0 Å². The first-order chi connectivity index (χ1) is 5.43. The second kappa shape index (κ2) is 5.04. The average Bonchev–Trinajstić information content (AvgIpc) is 2.07. The number of hydrogen-bond acceptors (Lipinski definition) is 3. The van der Waals surface area contributed by atoms with Crippen molar-refractivity contribution in [3.8, 4) is 5.75 Å². The van der Waals surface area contributed by atoms with Crippen LogP contribution < -0.4 is 9.92 Å². The van der Waals surface area contributed by atoms with Crippen LogP contribution in [0.15, 0.2) is 30.3 Å². The lowest BCUT2D eigenvalue weighted by atomic mass is 10.3. The smallest absolute Gasteiger partial charge is 0.137 e. The zero-order chi connectivity index (χ0) is 7.94. The van der Waals surface area contributed by atoms with Crippen LogP contribution in [-0.2, 0) is 0 Å². The molecule has 11 heavy (non-hydrogen) atoms. The largest absolute Gasteiger partial charge is 0.426 e. The Morgan fingerprint density at radius 1 is 1.27 bits per heavy atom. The van der Waals surface area contributed by atoms with Crippen molar-refractivity contribution in [3.05, 3.63) is 30.3 Å². The van der Waals surface area contributed by atoms with E-state index >= 15 is 0 Å². The summed E-state index contributed by atoms with van der Waals surface area (Å²) in [6.45, 7) is 0.650. The maximum absolute atomic E-state index is 5.29. The minimum Gasteiger partial charge on any atom is -0.426 e. The van der Waals surface area contributed by atoms with E-state index in [-0.39, 0.29) is 0 Å². The zero-order valence-corrected chi connectivity index (χ0v) is 7.01. The molecule has 0 aromatic heterocycles. The maximum Gasteiger partial charge on any atom is 0.137 e. The van der Waals surface area contributed by atoms with Crippen molar-refractivity contribution in [1.82, 2.24) is 0 Å². The highest BCUT2D eigenvalue weighted by Gasteiger charge is 1.90. The Hall–Kier alpha value is -0.670. The summed E-state index contributed by atoms with van der Waals surface area (Å²) in [5, 5.41) is 0. The quantitative estimate of drug-likeness (QED) is 0.550. The van der Waals surface area contributed by atoms with Gasteiger partial charge in [-0.1, -0.05) is 18.2 Å². The molecule has 1 rings (SSSR count). The first-order valence-electron chi connectivity index (χ1n) is 3.48. The molecule has 0 radical (unpaired) electrons. The Bertz CT molecular complexity index is 191. The molecular weight excluding hydrogens is 158 g/mol. The molecule has 0 saturated carbocycles. The molecule has 0 aliphatic carbocycles. The summed E-state index contributed by atoms with van der Waals surface area (Å²) in [4.78, 5) is 0. The van der Waals surface area contributed by atoms with Gasteiger partial charge < -0.3 is 9.92 Å². The van der Waals surface area contributed by atoms with Gasteiger partial charge in [0.05, 0.1) is 12.0 Å². The molecule has 0 unspecified atom stereocenters. The van der Waals surface area contributed by atoms with E-state index in [1.807, 2.05) is 30.3 Å². The number of para-hydroxylation sites is 1. The highest BCUT2D eigenvalue weighted by atomic mass is 32.2. The number of nitrogens with two attached hydrogens (primary N) is 1. The number of benzene rings is 1. The van der Waals surface area contributed by atoms with Crippen molar-refractivity contribution in [2.75, 3.05) is 12.3 Å². The highest BCUT2D eigenvalue weighted by Crippen LogP contribution is 2.14. The lowest BCUT2D eigenvalue weighted by Crippen LogP contribution is -2.02. The summed E-state index contributed by atoms with van der Waals surface area (Å²) < 4.78 is 5.28. The maximum atomic E-state index is 5.29. The monoisotopic (exact) mass is 169 g/mol. The van der Waals surface area contributed by atoms with Crippen LogP contribution in [-0.4, -0.2) is 12.3 Å². The Kier molecular flexibility index (Phi) is 3.86. The van der Waals surface area contributed by atoms with Gasteiger partial charge in [0.25, 0.3) is 0 Å². The van der Waals surface area contributed by atoms with Gasteiger partial charge in [-0.2, -0.15) is 0 Å². The van der Waals surface area contributed by atoms with Crippen molar-refractivity contribution < 1.29 is 4.18 Å². The summed E-state index contributed by atoms with van der Waals surface area (Å²) >= 11 is 1.38. The normalized spacial score (nSPS) is 9.55. The van der Waals surface area contributed by atoms with E-state index in [2.05, 4.69) is 0 Å². The molecule has 60 valence electrons. The molecular formula is C8H11NOS. The molecule has 0 amide bonds. The third-order valence-electron chi connectivity index (χ3n) is 1.10. The Balaban J connectivity index is 2.28. The van der Waals surface area contributed by atoms with Crippen LogP contribution in [0, 0.1) is 0 Å². The van der Waals surface area contributed by atoms with E-state index in [0.29, 0.717) is 6.54 Å². The molecule has 2 N–H and O–H groups in total. The van der Waals surface area contributed by atoms with E-state index in [4.69, 9.17) is 9.92 Å². The minimum atomic E-state index is 0.650. The van der Waals surface area contributed by atoms with E-state index in [0.717, 1.165) is 11.5 Å². The Morgan fingerprint density at radius 3 is 2.64 bits per heavy atom. The summed E-state index contributed by atoms with van der Waals surface area (Å²) in [7, 11) is 0. The summed E-state index contributed by atoms with van der Waals surface area (Å²) in [6, 6.07) is 9.68. The molecule has 0 fully saturated rings. The molecule has 3 heteroatoms. The van der Waals surface area contributed by atoms with Crippen LogP contribution in [0.3, 0.4) is 0 Å². The van der Waals surface area contributed by atoms with Crippen LogP contribution in [0.2, 0.25) is 0 Å². The fourth-order valence-electron chi connectivity index (χ4n) is 0.634. The van der Waals surface area contributed by atoms with Crippen LogP contribution in [0.25, 0.3) is 0 Å². The predicted molar refractivity (Wildman–Crippen MR) is 48.6 cm³/mol. The Labute approximate surface area is 70.9 Å². The molecule has 0 saturated heterocycles. The van der Waals surface area contributed by atoms with Crippen LogP contribution in [0.1, 0.15) is 0 Å². The van der Waals surface area contributed by atoms with Crippen molar-refractivity contribution in [3.63, 3.8) is 0 Å². The van der Waals surface area contributed by atoms with Gasteiger partial charge in [0, 0.05) is 12.3 Å². The van der Waals surface area contributed by atoms with E-state index in [9.17, 15) is 0 Å². The van der Waals surface area contributed by atoms with Gasteiger partial charge in [-0.25, -0.2) is 0 Å². The topological polar surface area (TPSA) is 35.2 Å². The Morgan fingerprint density at radius 2 is 2.00 bits per heavy atom. The lowest BCUT2D eigenvalue weighted by Gasteiger charge is -2.00. The van der Waals surface area contributed by atoms with E-state index in [1.54, 1.807) is 0 Å². The third kappa shape index (κ3) is 3.30. The first-order valence-corrected chi connectivity index (χ1v) is 4.39. The van der Waals surface area contributed by atoms with Crippen molar-refractivity contribution in [1.29, 1.82) is 0 Å². The second-order valence-electron chi connectivity index (χ2n) is 2.01.